The fourth-order valence-electron chi connectivity index (χ4n) is 4.23. The van der Waals surface area contributed by atoms with Gasteiger partial charge in [0.1, 0.15) is 4.88 Å². The van der Waals surface area contributed by atoms with E-state index >= 15 is 0 Å². The molecule has 0 unspecified atom stereocenters. The first-order valence-electron chi connectivity index (χ1n) is 9.94. The molecule has 0 saturated carbocycles. The van der Waals surface area contributed by atoms with Crippen LogP contribution in [0.15, 0.2) is 33.2 Å². The number of amides is 2. The minimum Gasteiger partial charge on any atom is -0.339 e. The van der Waals surface area contributed by atoms with Crippen molar-refractivity contribution >= 4 is 62.0 Å². The zero-order valence-corrected chi connectivity index (χ0v) is 20.2. The molecule has 2 fully saturated rings. The van der Waals surface area contributed by atoms with Crippen molar-refractivity contribution in [3.8, 4) is 0 Å². The first-order chi connectivity index (χ1) is 14.7. The minimum absolute atomic E-state index is 0.00686. The highest BCUT2D eigenvalue weighted by Crippen LogP contribution is 2.42. The summed E-state index contributed by atoms with van der Waals surface area (Å²) < 4.78 is 23.6. The highest BCUT2D eigenvalue weighted by atomic mass is 35.5. The third-order valence-electron chi connectivity index (χ3n) is 6.12. The monoisotopic (exact) mass is 498 g/mol. The topological polar surface area (TPSA) is 74.8 Å². The first kappa shape index (κ1) is 22.5. The molecule has 166 valence electrons. The number of carbonyl (C=O) groups excluding carboxylic acids is 2. The molecule has 2 aromatic rings. The van der Waals surface area contributed by atoms with Gasteiger partial charge in [0.2, 0.25) is 5.91 Å². The first-order valence-corrected chi connectivity index (χ1v) is 14.0. The van der Waals surface area contributed by atoms with Crippen LogP contribution in [0.2, 0.25) is 5.02 Å². The second kappa shape index (κ2) is 8.69. The fourth-order valence-corrected chi connectivity index (χ4v) is 7.73. The highest BCUT2D eigenvalue weighted by Gasteiger charge is 2.43. The lowest BCUT2D eigenvalue weighted by atomic mass is 9.78. The molecular formula is C21H23ClN2O4S3. The van der Waals surface area contributed by atoms with Crippen molar-refractivity contribution in [3.05, 3.63) is 43.7 Å². The molecule has 6 nitrogen and oxygen atoms in total. The van der Waals surface area contributed by atoms with E-state index in [4.69, 9.17) is 11.6 Å². The maximum Gasteiger partial charge on any atom is 0.265 e. The van der Waals surface area contributed by atoms with Gasteiger partial charge < -0.3 is 9.80 Å². The van der Waals surface area contributed by atoms with Crippen molar-refractivity contribution in [1.82, 2.24) is 9.80 Å². The Morgan fingerprint density at radius 2 is 1.81 bits per heavy atom. The summed E-state index contributed by atoms with van der Waals surface area (Å²) in [7, 11) is -3.46. The number of hydrogen-bond acceptors (Lipinski definition) is 6. The maximum absolute atomic E-state index is 13.0. The largest absolute Gasteiger partial charge is 0.339 e. The molecule has 0 N–H and O–H groups in total. The van der Waals surface area contributed by atoms with Gasteiger partial charge in [-0.1, -0.05) is 11.6 Å². The molecule has 0 radical (unpaired) electrons. The number of hydrogen-bond donors (Lipinski definition) is 0. The molecule has 4 heterocycles. The molecule has 2 aliphatic heterocycles. The third-order valence-corrected chi connectivity index (χ3v) is 9.67. The Balaban J connectivity index is 1.36. The number of carbonyl (C=O) groups is 2. The smallest absolute Gasteiger partial charge is 0.265 e. The standard InChI is InChI=1S/C21H23ClN2O4S3/c1-31(27,28)16-13-30-19(18(16)22)20(26)24-10-7-21(14-24)5-8-23(9-6-21)17(25)3-2-15-4-11-29-12-15/h2-4,11-13H,5-10,14H2,1H3/b3-2+. The zero-order valence-electron chi connectivity index (χ0n) is 17.0. The zero-order chi connectivity index (χ0) is 22.2. The van der Waals surface area contributed by atoms with Crippen LogP contribution < -0.4 is 0 Å². The molecule has 0 aromatic carbocycles. The Morgan fingerprint density at radius 3 is 2.39 bits per heavy atom. The number of piperidine rings is 1. The number of likely N-dealkylation sites (tertiary alicyclic amines) is 2. The second-order valence-corrected chi connectivity index (χ2v) is 12.2. The molecule has 2 saturated heterocycles. The summed E-state index contributed by atoms with van der Waals surface area (Å²) in [6.07, 6.45) is 7.14. The van der Waals surface area contributed by atoms with Gasteiger partial charge in [-0.15, -0.1) is 11.3 Å². The molecule has 0 bridgehead atoms. The molecule has 10 heteroatoms. The minimum atomic E-state index is -3.46. The molecule has 2 amide bonds. The number of sulfone groups is 1. The maximum atomic E-state index is 13.0. The molecular weight excluding hydrogens is 476 g/mol. The van der Waals surface area contributed by atoms with Gasteiger partial charge in [0.05, 0.1) is 9.92 Å². The van der Waals surface area contributed by atoms with Gasteiger partial charge in [0.15, 0.2) is 9.84 Å². The molecule has 2 aromatic heterocycles. The summed E-state index contributed by atoms with van der Waals surface area (Å²) >= 11 is 8.89. The van der Waals surface area contributed by atoms with E-state index in [9.17, 15) is 18.0 Å². The van der Waals surface area contributed by atoms with Crippen molar-refractivity contribution in [2.45, 2.75) is 24.2 Å². The number of thiophene rings is 2. The third kappa shape index (κ3) is 4.74. The van der Waals surface area contributed by atoms with Crippen LogP contribution in [-0.2, 0) is 14.6 Å². The van der Waals surface area contributed by atoms with Gasteiger partial charge in [0, 0.05) is 43.9 Å². The van der Waals surface area contributed by atoms with Crippen LogP contribution in [0.3, 0.4) is 0 Å². The van der Waals surface area contributed by atoms with Crippen LogP contribution in [-0.4, -0.2) is 62.5 Å². The normalized spacial score (nSPS) is 18.9. The summed E-state index contributed by atoms with van der Waals surface area (Å²) in [6, 6.07) is 1.97. The van der Waals surface area contributed by atoms with E-state index in [1.807, 2.05) is 27.8 Å². The predicted molar refractivity (Wildman–Crippen MR) is 125 cm³/mol. The molecule has 1 spiro atoms. The second-order valence-electron chi connectivity index (χ2n) is 8.21. The molecule has 0 aliphatic carbocycles. The van der Waals surface area contributed by atoms with E-state index in [0.717, 1.165) is 42.4 Å². The Labute approximate surface area is 195 Å². The molecule has 0 atom stereocenters. The number of halogens is 1. The SMILES string of the molecule is CS(=O)(=O)c1csc(C(=O)N2CCC3(CCN(C(=O)/C=C/c4ccsc4)CC3)C2)c1Cl. The molecule has 31 heavy (non-hydrogen) atoms. The molecule has 2 aliphatic rings. The lowest BCUT2D eigenvalue weighted by molar-refractivity contribution is -0.128. The average Bonchev–Trinajstić information content (AvgIpc) is 3.46. The highest BCUT2D eigenvalue weighted by molar-refractivity contribution is 7.91. The molecule has 4 rings (SSSR count). The van der Waals surface area contributed by atoms with Crippen molar-refractivity contribution in [2.75, 3.05) is 32.4 Å². The summed E-state index contributed by atoms with van der Waals surface area (Å²) in [6.45, 7) is 2.58. The van der Waals surface area contributed by atoms with Gasteiger partial charge >= 0.3 is 0 Å². The summed E-state index contributed by atoms with van der Waals surface area (Å²) in [5.41, 5.74) is 1.04. The van der Waals surface area contributed by atoms with Crippen LogP contribution >= 0.6 is 34.3 Å². The van der Waals surface area contributed by atoms with Gasteiger partial charge in [-0.2, -0.15) is 11.3 Å². The quantitative estimate of drug-likeness (QED) is 0.596. The number of rotatable bonds is 4. The van der Waals surface area contributed by atoms with E-state index in [2.05, 4.69) is 0 Å². The Kier molecular flexibility index (Phi) is 6.31. The van der Waals surface area contributed by atoms with Crippen LogP contribution in [0.25, 0.3) is 6.08 Å². The van der Waals surface area contributed by atoms with E-state index in [0.29, 0.717) is 26.2 Å². The number of nitrogens with zero attached hydrogens (tertiary/aromatic N) is 2. The van der Waals surface area contributed by atoms with Crippen LogP contribution in [0.4, 0.5) is 0 Å². The predicted octanol–water partition coefficient (Wildman–Crippen LogP) is 4.03. The summed E-state index contributed by atoms with van der Waals surface area (Å²) in [5.74, 6) is -0.190. The van der Waals surface area contributed by atoms with E-state index < -0.39 is 9.84 Å². The summed E-state index contributed by atoms with van der Waals surface area (Å²) in [5, 5.41) is 5.44. The van der Waals surface area contributed by atoms with Crippen molar-refractivity contribution in [1.29, 1.82) is 0 Å². The van der Waals surface area contributed by atoms with Crippen LogP contribution in [0.1, 0.15) is 34.5 Å². The Morgan fingerprint density at radius 1 is 1.13 bits per heavy atom. The van der Waals surface area contributed by atoms with Crippen LogP contribution in [0.5, 0.6) is 0 Å². The van der Waals surface area contributed by atoms with Crippen molar-refractivity contribution in [3.63, 3.8) is 0 Å². The average molecular weight is 499 g/mol. The Hall–Kier alpha value is -1.68. The van der Waals surface area contributed by atoms with E-state index in [-0.39, 0.29) is 32.0 Å². The van der Waals surface area contributed by atoms with Gasteiger partial charge in [-0.25, -0.2) is 8.42 Å². The lowest BCUT2D eigenvalue weighted by Crippen LogP contribution is -2.44. The van der Waals surface area contributed by atoms with Gasteiger partial charge in [-0.05, 0) is 53.1 Å². The van der Waals surface area contributed by atoms with Crippen molar-refractivity contribution < 1.29 is 18.0 Å². The van der Waals surface area contributed by atoms with Gasteiger partial charge in [-0.3, -0.25) is 9.59 Å². The summed E-state index contributed by atoms with van der Waals surface area (Å²) in [4.78, 5) is 29.4. The lowest BCUT2D eigenvalue weighted by Gasteiger charge is -2.38. The fraction of sp³-hybridized carbons (Fsp3) is 0.429. The van der Waals surface area contributed by atoms with E-state index in [1.54, 1.807) is 22.3 Å². The van der Waals surface area contributed by atoms with Crippen molar-refractivity contribution in [2.24, 2.45) is 5.41 Å². The van der Waals surface area contributed by atoms with Crippen LogP contribution in [0, 0.1) is 5.41 Å². The van der Waals surface area contributed by atoms with E-state index in [1.165, 1.54) is 5.38 Å². The Bertz CT molecular complexity index is 1110. The van der Waals surface area contributed by atoms with Gasteiger partial charge in [0.25, 0.3) is 5.91 Å².